The van der Waals surface area contributed by atoms with Gasteiger partial charge in [-0.1, -0.05) is 25.1 Å². The Balaban J connectivity index is 1.80. The second-order valence-electron chi connectivity index (χ2n) is 6.76. The van der Waals surface area contributed by atoms with Crippen molar-refractivity contribution in [2.75, 3.05) is 31.6 Å². The summed E-state index contributed by atoms with van der Waals surface area (Å²) in [5.41, 5.74) is 2.37. The van der Waals surface area contributed by atoms with Crippen molar-refractivity contribution in [2.45, 2.75) is 45.2 Å². The molecule has 0 saturated carbocycles. The molecule has 0 radical (unpaired) electrons. The molecule has 2 aliphatic heterocycles. The summed E-state index contributed by atoms with van der Waals surface area (Å²) in [4.78, 5) is 31.4. The van der Waals surface area contributed by atoms with Gasteiger partial charge in [0.05, 0.1) is 0 Å². The number of rotatable bonds is 2. The number of nitrogens with zero attached hydrogens (tertiary/aromatic N) is 3. The quantitative estimate of drug-likeness (QED) is 0.836. The van der Waals surface area contributed by atoms with Crippen molar-refractivity contribution in [3.8, 4) is 0 Å². The van der Waals surface area contributed by atoms with E-state index >= 15 is 0 Å². The number of amides is 2. The topological polar surface area (TPSA) is 43.9 Å². The lowest BCUT2D eigenvalue weighted by molar-refractivity contribution is -0.147. The van der Waals surface area contributed by atoms with Gasteiger partial charge in [-0.25, -0.2) is 0 Å². The summed E-state index contributed by atoms with van der Waals surface area (Å²) in [6.45, 7) is 4.74. The van der Waals surface area contributed by atoms with Gasteiger partial charge < -0.3 is 14.7 Å². The first-order valence-electron chi connectivity index (χ1n) is 8.99. The smallest absolute Gasteiger partial charge is 0.245 e. The van der Waals surface area contributed by atoms with Crippen LogP contribution in [0.15, 0.2) is 24.3 Å². The molecule has 24 heavy (non-hydrogen) atoms. The van der Waals surface area contributed by atoms with E-state index in [-0.39, 0.29) is 17.9 Å². The third kappa shape index (κ3) is 3.25. The molecule has 2 amide bonds. The highest BCUT2D eigenvalue weighted by molar-refractivity contribution is 5.88. The number of likely N-dealkylation sites (N-methyl/N-ethyl adjacent to an activating group) is 1. The average molecular weight is 329 g/mol. The minimum absolute atomic E-state index is 0.0976. The van der Waals surface area contributed by atoms with Crippen molar-refractivity contribution in [1.82, 2.24) is 9.80 Å². The molecule has 1 atom stereocenters. The maximum Gasteiger partial charge on any atom is 0.245 e. The standard InChI is InChI=1S/C19H27N3O2/c1-3-18(23)22-11-7-6-10-17(22)19(24)21-13-12-20(2)16-9-5-4-8-15(16)14-21/h4-5,8-9,17H,3,6-7,10-14H2,1-2H3/t17-/m0/s1. The molecule has 5 nitrogen and oxygen atoms in total. The molecule has 1 saturated heterocycles. The van der Waals surface area contributed by atoms with Crippen LogP contribution in [-0.2, 0) is 16.1 Å². The van der Waals surface area contributed by atoms with Gasteiger partial charge in [-0.3, -0.25) is 9.59 Å². The molecule has 3 rings (SSSR count). The van der Waals surface area contributed by atoms with Gasteiger partial charge >= 0.3 is 0 Å². The average Bonchev–Trinajstić information content (AvgIpc) is 2.80. The first-order chi connectivity index (χ1) is 11.6. The summed E-state index contributed by atoms with van der Waals surface area (Å²) in [5.74, 6) is 0.210. The molecule has 0 spiro atoms. The fourth-order valence-corrected chi connectivity index (χ4v) is 3.78. The van der Waals surface area contributed by atoms with E-state index in [2.05, 4.69) is 24.1 Å². The second-order valence-corrected chi connectivity index (χ2v) is 6.76. The number of anilines is 1. The van der Waals surface area contributed by atoms with E-state index in [4.69, 9.17) is 0 Å². The Morgan fingerprint density at radius 3 is 2.71 bits per heavy atom. The van der Waals surface area contributed by atoms with Crippen LogP contribution in [-0.4, -0.2) is 54.3 Å². The lowest BCUT2D eigenvalue weighted by Gasteiger charge is -2.37. The number of benzene rings is 1. The van der Waals surface area contributed by atoms with Crippen molar-refractivity contribution in [2.24, 2.45) is 0 Å². The van der Waals surface area contributed by atoms with E-state index in [1.807, 2.05) is 28.9 Å². The molecular weight excluding hydrogens is 302 g/mol. The monoisotopic (exact) mass is 329 g/mol. The van der Waals surface area contributed by atoms with Gasteiger partial charge in [0.25, 0.3) is 0 Å². The first kappa shape index (κ1) is 16.8. The Bertz CT molecular complexity index is 616. The summed E-state index contributed by atoms with van der Waals surface area (Å²) in [6, 6.07) is 7.98. The number of para-hydroxylation sites is 1. The SMILES string of the molecule is CCC(=O)N1CCCC[C@H]1C(=O)N1CCN(C)c2ccccc2C1. The van der Waals surface area contributed by atoms with Crippen LogP contribution in [0, 0.1) is 0 Å². The third-order valence-corrected chi connectivity index (χ3v) is 5.19. The zero-order chi connectivity index (χ0) is 17.1. The Kier molecular flexibility index (Phi) is 5.07. The molecule has 0 N–H and O–H groups in total. The maximum absolute atomic E-state index is 13.2. The molecule has 1 fully saturated rings. The molecule has 0 aliphatic carbocycles. The number of fused-ring (bicyclic) bond motifs is 1. The number of hydrogen-bond donors (Lipinski definition) is 0. The van der Waals surface area contributed by atoms with Crippen LogP contribution < -0.4 is 4.90 Å². The highest BCUT2D eigenvalue weighted by Crippen LogP contribution is 2.26. The summed E-state index contributed by atoms with van der Waals surface area (Å²) >= 11 is 0. The predicted octanol–water partition coefficient (Wildman–Crippen LogP) is 2.26. The van der Waals surface area contributed by atoms with Crippen LogP contribution in [0.3, 0.4) is 0 Å². The highest BCUT2D eigenvalue weighted by Gasteiger charge is 2.35. The molecule has 0 bridgehead atoms. The van der Waals surface area contributed by atoms with Gasteiger partial charge in [0, 0.05) is 45.3 Å². The summed E-state index contributed by atoms with van der Waals surface area (Å²) in [7, 11) is 2.07. The summed E-state index contributed by atoms with van der Waals surface area (Å²) in [5, 5.41) is 0. The zero-order valence-electron chi connectivity index (χ0n) is 14.7. The molecule has 0 unspecified atom stereocenters. The van der Waals surface area contributed by atoms with Crippen LogP contribution in [0.1, 0.15) is 38.2 Å². The molecule has 1 aromatic carbocycles. The highest BCUT2D eigenvalue weighted by atomic mass is 16.2. The molecule has 2 aliphatic rings. The van der Waals surface area contributed by atoms with E-state index in [9.17, 15) is 9.59 Å². The van der Waals surface area contributed by atoms with Crippen LogP contribution in [0.4, 0.5) is 5.69 Å². The van der Waals surface area contributed by atoms with Gasteiger partial charge in [0.15, 0.2) is 0 Å². The van der Waals surface area contributed by atoms with Crippen molar-refractivity contribution in [3.05, 3.63) is 29.8 Å². The minimum Gasteiger partial charge on any atom is -0.373 e. The normalized spacial score (nSPS) is 21.2. The van der Waals surface area contributed by atoms with Gasteiger partial charge in [0.2, 0.25) is 11.8 Å². The molecular formula is C19H27N3O2. The van der Waals surface area contributed by atoms with Gasteiger partial charge in [-0.15, -0.1) is 0 Å². The fraction of sp³-hybridized carbons (Fsp3) is 0.579. The lowest BCUT2D eigenvalue weighted by atomic mass is 10.00. The minimum atomic E-state index is -0.276. The maximum atomic E-state index is 13.2. The lowest BCUT2D eigenvalue weighted by Crippen LogP contribution is -2.53. The third-order valence-electron chi connectivity index (χ3n) is 5.19. The number of hydrogen-bond acceptors (Lipinski definition) is 3. The van der Waals surface area contributed by atoms with Gasteiger partial charge in [0.1, 0.15) is 6.04 Å². The number of likely N-dealkylation sites (tertiary alicyclic amines) is 1. The summed E-state index contributed by atoms with van der Waals surface area (Å²) < 4.78 is 0. The van der Waals surface area contributed by atoms with E-state index < -0.39 is 0 Å². The second kappa shape index (κ2) is 7.24. The largest absolute Gasteiger partial charge is 0.373 e. The van der Waals surface area contributed by atoms with Crippen molar-refractivity contribution in [3.63, 3.8) is 0 Å². The van der Waals surface area contributed by atoms with E-state index in [0.717, 1.165) is 25.8 Å². The van der Waals surface area contributed by atoms with Gasteiger partial charge in [-0.2, -0.15) is 0 Å². The molecule has 130 valence electrons. The van der Waals surface area contributed by atoms with Crippen LogP contribution in [0.5, 0.6) is 0 Å². The Morgan fingerprint density at radius 1 is 1.12 bits per heavy atom. The molecule has 2 heterocycles. The Labute approximate surface area is 144 Å². The fourth-order valence-electron chi connectivity index (χ4n) is 3.78. The molecule has 0 aromatic heterocycles. The first-order valence-corrected chi connectivity index (χ1v) is 8.99. The Morgan fingerprint density at radius 2 is 1.92 bits per heavy atom. The van der Waals surface area contributed by atoms with E-state index in [1.165, 1.54) is 11.3 Å². The summed E-state index contributed by atoms with van der Waals surface area (Å²) in [6.07, 6.45) is 3.28. The predicted molar refractivity (Wildman–Crippen MR) is 94.8 cm³/mol. The van der Waals surface area contributed by atoms with E-state index in [0.29, 0.717) is 26.1 Å². The van der Waals surface area contributed by atoms with Crippen LogP contribution in [0.25, 0.3) is 0 Å². The van der Waals surface area contributed by atoms with Crippen LogP contribution >= 0.6 is 0 Å². The zero-order valence-corrected chi connectivity index (χ0v) is 14.7. The van der Waals surface area contributed by atoms with Gasteiger partial charge in [-0.05, 0) is 30.9 Å². The van der Waals surface area contributed by atoms with Crippen molar-refractivity contribution in [1.29, 1.82) is 0 Å². The molecule has 5 heteroatoms. The number of piperidine rings is 1. The van der Waals surface area contributed by atoms with Crippen LogP contribution in [0.2, 0.25) is 0 Å². The van der Waals surface area contributed by atoms with Crippen molar-refractivity contribution >= 4 is 17.5 Å². The number of carbonyl (C=O) groups is 2. The molecule has 1 aromatic rings. The Hall–Kier alpha value is -2.04. The van der Waals surface area contributed by atoms with Crippen molar-refractivity contribution < 1.29 is 9.59 Å². The number of carbonyl (C=O) groups excluding carboxylic acids is 2. The van der Waals surface area contributed by atoms with E-state index in [1.54, 1.807) is 0 Å².